The third-order valence-corrected chi connectivity index (χ3v) is 3.56. The maximum atomic E-state index is 5.38. The number of ether oxygens (including phenoxy) is 1. The number of morpholine rings is 1. The van der Waals surface area contributed by atoms with Gasteiger partial charge in [0, 0.05) is 26.2 Å². The Morgan fingerprint density at radius 3 is 2.12 bits per heavy atom. The molecule has 0 aromatic carbocycles. The van der Waals surface area contributed by atoms with E-state index in [1.54, 1.807) is 5.57 Å². The van der Waals surface area contributed by atoms with Crippen LogP contribution in [0.15, 0.2) is 11.6 Å². The topological polar surface area (TPSA) is 15.7 Å². The van der Waals surface area contributed by atoms with Gasteiger partial charge in [-0.25, -0.2) is 0 Å². The standard InChI is InChI=1S/C13H24N2O/c1-2-13(11-14-5-3-4-6-14)12-15-7-9-16-10-8-15/h2H,3-12H2,1H3. The van der Waals surface area contributed by atoms with Crippen LogP contribution in [0.5, 0.6) is 0 Å². The average molecular weight is 224 g/mol. The van der Waals surface area contributed by atoms with Crippen molar-refractivity contribution in [2.24, 2.45) is 0 Å². The highest BCUT2D eigenvalue weighted by molar-refractivity contribution is 5.06. The fourth-order valence-electron chi connectivity index (χ4n) is 2.51. The highest BCUT2D eigenvalue weighted by Gasteiger charge is 2.16. The quantitative estimate of drug-likeness (QED) is 0.671. The number of hydrogen-bond donors (Lipinski definition) is 0. The molecule has 0 aromatic heterocycles. The zero-order valence-corrected chi connectivity index (χ0v) is 10.5. The summed E-state index contributed by atoms with van der Waals surface area (Å²) in [7, 11) is 0. The maximum Gasteiger partial charge on any atom is 0.0594 e. The van der Waals surface area contributed by atoms with E-state index < -0.39 is 0 Å². The van der Waals surface area contributed by atoms with Crippen molar-refractivity contribution in [2.45, 2.75) is 19.8 Å². The summed E-state index contributed by atoms with van der Waals surface area (Å²) in [6, 6.07) is 0. The molecule has 0 spiro atoms. The van der Waals surface area contributed by atoms with Gasteiger partial charge in [0.1, 0.15) is 0 Å². The predicted octanol–water partition coefficient (Wildman–Crippen LogP) is 1.36. The number of nitrogens with zero attached hydrogens (tertiary/aromatic N) is 2. The molecule has 0 unspecified atom stereocenters. The van der Waals surface area contributed by atoms with Gasteiger partial charge in [0.05, 0.1) is 13.2 Å². The van der Waals surface area contributed by atoms with Crippen LogP contribution in [0.2, 0.25) is 0 Å². The van der Waals surface area contributed by atoms with Crippen molar-refractivity contribution in [2.75, 3.05) is 52.5 Å². The number of hydrogen-bond acceptors (Lipinski definition) is 3. The van der Waals surface area contributed by atoms with E-state index in [-0.39, 0.29) is 0 Å². The lowest BCUT2D eigenvalue weighted by Crippen LogP contribution is -2.39. The van der Waals surface area contributed by atoms with Crippen LogP contribution in [0.1, 0.15) is 19.8 Å². The van der Waals surface area contributed by atoms with Crippen LogP contribution in [0.3, 0.4) is 0 Å². The molecule has 0 radical (unpaired) electrons. The van der Waals surface area contributed by atoms with E-state index >= 15 is 0 Å². The number of rotatable bonds is 4. The largest absolute Gasteiger partial charge is 0.379 e. The zero-order chi connectivity index (χ0) is 11.2. The van der Waals surface area contributed by atoms with E-state index in [4.69, 9.17) is 4.74 Å². The van der Waals surface area contributed by atoms with Gasteiger partial charge in [-0.1, -0.05) is 6.08 Å². The molecule has 2 aliphatic rings. The van der Waals surface area contributed by atoms with Crippen LogP contribution in [0.4, 0.5) is 0 Å². The Kier molecular flexibility index (Phi) is 4.82. The van der Waals surface area contributed by atoms with Gasteiger partial charge in [-0.2, -0.15) is 0 Å². The summed E-state index contributed by atoms with van der Waals surface area (Å²) in [6.07, 6.45) is 5.07. The lowest BCUT2D eigenvalue weighted by Gasteiger charge is -2.28. The molecule has 2 fully saturated rings. The molecule has 3 heteroatoms. The van der Waals surface area contributed by atoms with Crippen molar-refractivity contribution in [3.8, 4) is 0 Å². The molecule has 0 aromatic rings. The average Bonchev–Trinajstić information content (AvgIpc) is 2.82. The summed E-state index contributed by atoms with van der Waals surface area (Å²) >= 11 is 0. The molecule has 0 bridgehead atoms. The first-order valence-electron chi connectivity index (χ1n) is 6.55. The van der Waals surface area contributed by atoms with Crippen LogP contribution in [0.25, 0.3) is 0 Å². The molecule has 2 saturated heterocycles. The van der Waals surface area contributed by atoms with Crippen LogP contribution in [-0.4, -0.2) is 62.3 Å². The second-order valence-electron chi connectivity index (χ2n) is 4.82. The molecule has 0 saturated carbocycles. The fourth-order valence-corrected chi connectivity index (χ4v) is 2.51. The Labute approximate surface area is 99.1 Å². The van der Waals surface area contributed by atoms with Crippen LogP contribution in [0, 0.1) is 0 Å². The first kappa shape index (κ1) is 12.1. The van der Waals surface area contributed by atoms with Crippen molar-refractivity contribution in [1.82, 2.24) is 9.80 Å². The van der Waals surface area contributed by atoms with Gasteiger partial charge in [0.2, 0.25) is 0 Å². The van der Waals surface area contributed by atoms with Crippen LogP contribution in [-0.2, 0) is 4.74 Å². The maximum absolute atomic E-state index is 5.38. The van der Waals surface area contributed by atoms with Gasteiger partial charge in [0.15, 0.2) is 0 Å². The second kappa shape index (κ2) is 6.38. The summed E-state index contributed by atoms with van der Waals surface area (Å²) < 4.78 is 5.38. The van der Waals surface area contributed by atoms with Gasteiger partial charge in [0.25, 0.3) is 0 Å². The van der Waals surface area contributed by atoms with E-state index in [1.165, 1.54) is 32.5 Å². The summed E-state index contributed by atoms with van der Waals surface area (Å²) in [6.45, 7) is 11.1. The molecule has 2 rings (SSSR count). The van der Waals surface area contributed by atoms with Crippen molar-refractivity contribution in [3.05, 3.63) is 11.6 Å². The minimum Gasteiger partial charge on any atom is -0.379 e. The fraction of sp³-hybridized carbons (Fsp3) is 0.846. The minimum atomic E-state index is 0.903. The van der Waals surface area contributed by atoms with Crippen LogP contribution < -0.4 is 0 Å². The van der Waals surface area contributed by atoms with E-state index in [9.17, 15) is 0 Å². The third kappa shape index (κ3) is 3.58. The van der Waals surface area contributed by atoms with E-state index in [1.807, 2.05) is 0 Å². The monoisotopic (exact) mass is 224 g/mol. The SMILES string of the molecule is CC=C(CN1CCCC1)CN1CCOCC1. The third-order valence-electron chi connectivity index (χ3n) is 3.56. The molecule has 2 heterocycles. The Hall–Kier alpha value is -0.380. The van der Waals surface area contributed by atoms with Crippen molar-refractivity contribution < 1.29 is 4.74 Å². The number of likely N-dealkylation sites (tertiary alicyclic amines) is 1. The summed E-state index contributed by atoms with van der Waals surface area (Å²) in [5.74, 6) is 0. The molecule has 2 aliphatic heterocycles. The van der Waals surface area contributed by atoms with Gasteiger partial charge in [-0.15, -0.1) is 0 Å². The lowest BCUT2D eigenvalue weighted by atomic mass is 10.2. The summed E-state index contributed by atoms with van der Waals surface area (Å²) in [5.41, 5.74) is 1.57. The first-order valence-corrected chi connectivity index (χ1v) is 6.55. The Morgan fingerprint density at radius 2 is 1.56 bits per heavy atom. The zero-order valence-electron chi connectivity index (χ0n) is 10.5. The molecule has 16 heavy (non-hydrogen) atoms. The van der Waals surface area contributed by atoms with E-state index in [0.29, 0.717) is 0 Å². The predicted molar refractivity (Wildman–Crippen MR) is 66.7 cm³/mol. The molecule has 0 N–H and O–H groups in total. The van der Waals surface area contributed by atoms with E-state index in [0.717, 1.165) is 32.8 Å². The Bertz CT molecular complexity index is 228. The van der Waals surface area contributed by atoms with Crippen LogP contribution >= 0.6 is 0 Å². The van der Waals surface area contributed by atoms with Crippen molar-refractivity contribution in [3.63, 3.8) is 0 Å². The normalized spacial score (nSPS) is 25.2. The Morgan fingerprint density at radius 1 is 1.00 bits per heavy atom. The molecule has 0 amide bonds. The molecular formula is C13H24N2O. The molecule has 0 atom stereocenters. The summed E-state index contributed by atoms with van der Waals surface area (Å²) in [5, 5.41) is 0. The smallest absolute Gasteiger partial charge is 0.0594 e. The molecule has 3 nitrogen and oxygen atoms in total. The molecule has 0 aliphatic carbocycles. The van der Waals surface area contributed by atoms with Gasteiger partial charge >= 0.3 is 0 Å². The van der Waals surface area contributed by atoms with Gasteiger partial charge < -0.3 is 4.74 Å². The summed E-state index contributed by atoms with van der Waals surface area (Å²) in [4.78, 5) is 5.09. The highest BCUT2D eigenvalue weighted by Crippen LogP contribution is 2.11. The molecular weight excluding hydrogens is 200 g/mol. The highest BCUT2D eigenvalue weighted by atomic mass is 16.5. The second-order valence-corrected chi connectivity index (χ2v) is 4.82. The van der Waals surface area contributed by atoms with Crippen molar-refractivity contribution >= 4 is 0 Å². The molecule has 92 valence electrons. The van der Waals surface area contributed by atoms with Gasteiger partial charge in [-0.05, 0) is 38.4 Å². The van der Waals surface area contributed by atoms with Gasteiger partial charge in [-0.3, -0.25) is 9.80 Å². The minimum absolute atomic E-state index is 0.903. The van der Waals surface area contributed by atoms with E-state index in [2.05, 4.69) is 22.8 Å². The Balaban J connectivity index is 1.75. The van der Waals surface area contributed by atoms with Crippen molar-refractivity contribution in [1.29, 1.82) is 0 Å². The number of allylic oxidation sites excluding steroid dienone is 1. The lowest BCUT2D eigenvalue weighted by molar-refractivity contribution is 0.0416. The first-order chi connectivity index (χ1) is 7.88.